The number of nitrogens with one attached hydrogen (secondary N) is 1. The zero-order valence-corrected chi connectivity index (χ0v) is 19.1. The Morgan fingerprint density at radius 3 is 2.42 bits per heavy atom. The molecule has 2 aliphatic heterocycles. The summed E-state index contributed by atoms with van der Waals surface area (Å²) in [4.78, 5) is 22.4. The zero-order chi connectivity index (χ0) is 22.5. The number of carbonyl (C=O) groups excluding carboxylic acids is 1. The second-order valence-corrected chi connectivity index (χ2v) is 9.12. The molecule has 3 aromatic rings. The highest BCUT2D eigenvalue weighted by Crippen LogP contribution is 2.36. The maximum atomic E-state index is 13.6. The van der Waals surface area contributed by atoms with Crippen LogP contribution in [0.25, 0.3) is 0 Å². The molecule has 2 aromatic carbocycles. The van der Waals surface area contributed by atoms with Gasteiger partial charge < -0.3 is 10.2 Å². The van der Waals surface area contributed by atoms with Crippen molar-refractivity contribution >= 4 is 6.03 Å². The first-order valence-electron chi connectivity index (χ1n) is 12.1. The van der Waals surface area contributed by atoms with E-state index in [9.17, 15) is 4.79 Å². The van der Waals surface area contributed by atoms with Crippen molar-refractivity contribution in [2.45, 2.75) is 44.3 Å². The molecule has 0 radical (unpaired) electrons. The van der Waals surface area contributed by atoms with Crippen molar-refractivity contribution in [1.29, 1.82) is 0 Å². The van der Waals surface area contributed by atoms with Crippen molar-refractivity contribution < 1.29 is 4.79 Å². The Kier molecular flexibility index (Phi) is 6.68. The molecule has 0 spiro atoms. The summed E-state index contributed by atoms with van der Waals surface area (Å²) in [5.74, 6) is 0. The Morgan fingerprint density at radius 2 is 1.64 bits per heavy atom. The van der Waals surface area contributed by atoms with Gasteiger partial charge in [-0.2, -0.15) is 0 Å². The van der Waals surface area contributed by atoms with Gasteiger partial charge in [-0.1, -0.05) is 54.6 Å². The number of carbonyl (C=O) groups is 1. The minimum atomic E-state index is -0.0720. The van der Waals surface area contributed by atoms with Crippen LogP contribution in [0.5, 0.6) is 0 Å². The van der Waals surface area contributed by atoms with Crippen LogP contribution in [0.15, 0.2) is 79.1 Å². The topological polar surface area (TPSA) is 48.5 Å². The fourth-order valence-electron chi connectivity index (χ4n) is 5.32. The van der Waals surface area contributed by atoms with Crippen LogP contribution in [0, 0.1) is 0 Å². The molecule has 170 valence electrons. The Hall–Kier alpha value is -3.18. The van der Waals surface area contributed by atoms with E-state index in [1.165, 1.54) is 22.3 Å². The largest absolute Gasteiger partial charge is 0.338 e. The van der Waals surface area contributed by atoms with Gasteiger partial charge >= 0.3 is 6.03 Å². The molecule has 1 aromatic heterocycles. The lowest BCUT2D eigenvalue weighted by molar-refractivity contribution is 0.101. The molecule has 5 rings (SSSR count). The maximum absolute atomic E-state index is 13.6. The van der Waals surface area contributed by atoms with E-state index in [0.717, 1.165) is 45.3 Å². The lowest BCUT2D eigenvalue weighted by Gasteiger charge is -2.43. The molecule has 0 aliphatic carbocycles. The SMILES string of the molecule is O=C1NCCCc2ccccc2C(c2ccccc2)N1C1CCN(Cc2ccncc2)CC1. The van der Waals surface area contributed by atoms with Crippen LogP contribution in [0.1, 0.15) is 47.6 Å². The molecule has 1 atom stereocenters. The lowest BCUT2D eigenvalue weighted by atomic mass is 9.89. The van der Waals surface area contributed by atoms with Crippen LogP contribution in [0.2, 0.25) is 0 Å². The standard InChI is InChI=1S/C28H32N4O/c33-28-30-16-6-10-23-7-4-5-11-26(23)27(24-8-2-1-3-9-24)32(28)25-14-19-31(20-15-25)21-22-12-17-29-18-13-22/h1-5,7-9,11-13,17-18,25,27H,6,10,14-16,19-21H2,(H,30,33). The molecule has 1 fully saturated rings. The number of hydrogen-bond donors (Lipinski definition) is 1. The Labute approximate surface area is 196 Å². The second-order valence-electron chi connectivity index (χ2n) is 9.12. The predicted molar refractivity (Wildman–Crippen MR) is 131 cm³/mol. The molecular weight excluding hydrogens is 408 g/mol. The van der Waals surface area contributed by atoms with E-state index in [1.54, 1.807) is 0 Å². The van der Waals surface area contributed by atoms with E-state index >= 15 is 0 Å². The number of fused-ring (bicyclic) bond motifs is 1. The minimum absolute atomic E-state index is 0.0631. The Bertz CT molecular complexity index is 1050. The Morgan fingerprint density at radius 1 is 0.909 bits per heavy atom. The molecule has 1 saturated heterocycles. The van der Waals surface area contributed by atoms with Gasteiger partial charge in [0.1, 0.15) is 0 Å². The zero-order valence-electron chi connectivity index (χ0n) is 19.1. The summed E-state index contributed by atoms with van der Waals surface area (Å²) in [5, 5.41) is 3.22. The van der Waals surface area contributed by atoms with Crippen LogP contribution < -0.4 is 5.32 Å². The van der Waals surface area contributed by atoms with Gasteiger partial charge in [-0.05, 0) is 60.1 Å². The molecule has 1 unspecified atom stereocenters. The molecule has 2 aliphatic rings. The van der Waals surface area contributed by atoms with E-state index in [2.05, 4.69) is 80.8 Å². The van der Waals surface area contributed by atoms with Crippen molar-refractivity contribution in [3.63, 3.8) is 0 Å². The summed E-state index contributed by atoms with van der Waals surface area (Å²) in [6, 6.07) is 23.6. The van der Waals surface area contributed by atoms with Gasteiger partial charge in [-0.15, -0.1) is 0 Å². The van der Waals surface area contributed by atoms with E-state index in [4.69, 9.17) is 0 Å². The average molecular weight is 441 g/mol. The summed E-state index contributed by atoms with van der Waals surface area (Å²) >= 11 is 0. The number of piperidine rings is 1. The van der Waals surface area contributed by atoms with Crippen molar-refractivity contribution in [3.8, 4) is 0 Å². The Balaban J connectivity index is 1.44. The highest BCUT2D eigenvalue weighted by Gasteiger charge is 2.36. The molecular formula is C28H32N4O. The highest BCUT2D eigenvalue weighted by atomic mass is 16.2. The van der Waals surface area contributed by atoms with Gasteiger partial charge in [0.15, 0.2) is 0 Å². The molecule has 33 heavy (non-hydrogen) atoms. The molecule has 2 amide bonds. The second kappa shape index (κ2) is 10.2. The van der Waals surface area contributed by atoms with Crippen LogP contribution >= 0.6 is 0 Å². The van der Waals surface area contributed by atoms with Crippen LogP contribution in [0.4, 0.5) is 4.79 Å². The lowest BCUT2D eigenvalue weighted by Crippen LogP contribution is -2.52. The number of aryl methyl sites for hydroxylation is 1. The van der Waals surface area contributed by atoms with Gasteiger partial charge in [0.2, 0.25) is 0 Å². The van der Waals surface area contributed by atoms with Gasteiger partial charge in [0.05, 0.1) is 6.04 Å². The number of aromatic nitrogens is 1. The average Bonchev–Trinajstić information content (AvgIpc) is 2.94. The normalized spacial score (nSPS) is 20.3. The van der Waals surface area contributed by atoms with Crippen molar-refractivity contribution in [2.24, 2.45) is 0 Å². The molecule has 5 heteroatoms. The molecule has 5 nitrogen and oxygen atoms in total. The van der Waals surface area contributed by atoms with Crippen LogP contribution in [0.3, 0.4) is 0 Å². The number of rotatable bonds is 4. The summed E-state index contributed by atoms with van der Waals surface area (Å²) in [6.07, 6.45) is 7.61. The van der Waals surface area contributed by atoms with Gasteiger partial charge in [0, 0.05) is 44.6 Å². The smallest absolute Gasteiger partial charge is 0.318 e. The third kappa shape index (κ3) is 4.93. The van der Waals surface area contributed by atoms with Crippen molar-refractivity contribution in [3.05, 3.63) is 101 Å². The molecule has 0 bridgehead atoms. The fraction of sp³-hybridized carbons (Fsp3) is 0.357. The fourth-order valence-corrected chi connectivity index (χ4v) is 5.32. The number of amides is 2. The first-order valence-corrected chi connectivity index (χ1v) is 12.1. The summed E-state index contributed by atoms with van der Waals surface area (Å²) < 4.78 is 0. The minimum Gasteiger partial charge on any atom is -0.338 e. The molecule has 3 heterocycles. The molecule has 1 N–H and O–H groups in total. The number of nitrogens with zero attached hydrogens (tertiary/aromatic N) is 3. The first kappa shape index (κ1) is 21.7. The third-order valence-electron chi connectivity index (χ3n) is 6.98. The predicted octanol–water partition coefficient (Wildman–Crippen LogP) is 4.79. The van der Waals surface area contributed by atoms with Gasteiger partial charge in [-0.25, -0.2) is 4.79 Å². The monoisotopic (exact) mass is 440 g/mol. The number of pyridine rings is 1. The summed E-state index contributed by atoms with van der Waals surface area (Å²) in [6.45, 7) is 3.62. The van der Waals surface area contributed by atoms with Crippen LogP contribution in [-0.4, -0.2) is 46.5 Å². The van der Waals surface area contributed by atoms with Crippen molar-refractivity contribution in [1.82, 2.24) is 20.1 Å². The van der Waals surface area contributed by atoms with E-state index in [-0.39, 0.29) is 18.1 Å². The van der Waals surface area contributed by atoms with E-state index in [0.29, 0.717) is 6.54 Å². The summed E-state index contributed by atoms with van der Waals surface area (Å²) in [7, 11) is 0. The number of urea groups is 1. The van der Waals surface area contributed by atoms with Gasteiger partial charge in [0.25, 0.3) is 0 Å². The van der Waals surface area contributed by atoms with E-state index in [1.807, 2.05) is 18.5 Å². The maximum Gasteiger partial charge on any atom is 0.318 e. The van der Waals surface area contributed by atoms with Crippen molar-refractivity contribution in [2.75, 3.05) is 19.6 Å². The quantitative estimate of drug-likeness (QED) is 0.634. The third-order valence-corrected chi connectivity index (χ3v) is 6.98. The number of likely N-dealkylation sites (tertiary alicyclic amines) is 1. The van der Waals surface area contributed by atoms with Crippen LogP contribution in [-0.2, 0) is 13.0 Å². The first-order chi connectivity index (χ1) is 16.3. The number of benzene rings is 2. The van der Waals surface area contributed by atoms with E-state index < -0.39 is 0 Å². The highest BCUT2D eigenvalue weighted by molar-refractivity contribution is 5.76. The van der Waals surface area contributed by atoms with Gasteiger partial charge in [-0.3, -0.25) is 9.88 Å². The summed E-state index contributed by atoms with van der Waals surface area (Å²) in [5.41, 5.74) is 5.09. The number of hydrogen-bond acceptors (Lipinski definition) is 3. The molecule has 0 saturated carbocycles.